The van der Waals surface area contributed by atoms with Crippen LogP contribution in [0.3, 0.4) is 0 Å². The number of rotatable bonds is 2. The Balaban J connectivity index is 1.47. The van der Waals surface area contributed by atoms with Gasteiger partial charge in [-0.05, 0) is 18.2 Å². The number of pyridine rings is 1. The molecule has 0 N–H and O–H groups in total. The Morgan fingerprint density at radius 3 is 2.63 bits per heavy atom. The third kappa shape index (κ3) is 3.36. The lowest BCUT2D eigenvalue weighted by molar-refractivity contribution is -0.137. The van der Waals surface area contributed by atoms with Crippen molar-refractivity contribution in [3.05, 3.63) is 53.7 Å². The lowest BCUT2D eigenvalue weighted by atomic mass is 10.2. The molecule has 10 heteroatoms. The van der Waals surface area contributed by atoms with E-state index in [0.29, 0.717) is 30.9 Å². The van der Waals surface area contributed by atoms with E-state index in [1.807, 2.05) is 0 Å². The lowest BCUT2D eigenvalue weighted by Gasteiger charge is -2.18. The highest BCUT2D eigenvalue weighted by Crippen LogP contribution is 2.31. The van der Waals surface area contributed by atoms with Crippen LogP contribution in [-0.4, -0.2) is 43.3 Å². The van der Waals surface area contributed by atoms with Gasteiger partial charge in [-0.25, -0.2) is 4.98 Å². The highest BCUT2D eigenvalue weighted by atomic mass is 32.2. The van der Waals surface area contributed by atoms with Crippen LogP contribution >= 0.6 is 0 Å². The van der Waals surface area contributed by atoms with Gasteiger partial charge in [-0.2, -0.15) is 21.6 Å². The maximum atomic E-state index is 12.6. The van der Waals surface area contributed by atoms with E-state index >= 15 is 0 Å². The molecule has 0 saturated carbocycles. The summed E-state index contributed by atoms with van der Waals surface area (Å²) in [4.78, 5) is 5.68. The van der Waals surface area contributed by atoms with Crippen molar-refractivity contribution in [1.82, 2.24) is 9.88 Å². The van der Waals surface area contributed by atoms with Gasteiger partial charge in [0.15, 0.2) is 5.84 Å². The first-order valence-electron chi connectivity index (χ1n) is 8.13. The van der Waals surface area contributed by atoms with Gasteiger partial charge < -0.3 is 9.64 Å². The summed E-state index contributed by atoms with van der Waals surface area (Å²) in [5, 5.41) is 0. The minimum absolute atomic E-state index is 0.0937. The molecule has 2 aromatic rings. The summed E-state index contributed by atoms with van der Waals surface area (Å²) in [7, 11) is -3.70. The van der Waals surface area contributed by atoms with Crippen LogP contribution in [0.4, 0.5) is 13.2 Å². The fourth-order valence-electron chi connectivity index (χ4n) is 3.12. The van der Waals surface area contributed by atoms with Crippen molar-refractivity contribution < 1.29 is 26.3 Å². The number of halogens is 3. The average molecular weight is 397 g/mol. The van der Waals surface area contributed by atoms with Crippen LogP contribution in [0.2, 0.25) is 0 Å². The predicted molar refractivity (Wildman–Crippen MR) is 90.0 cm³/mol. The standard InChI is InChI=1S/C17H14F3N3O3S/c18-17(19,20)11-5-6-15(21-9-11)26-12-7-8-23(10-12)16-13-3-1-2-4-14(13)27(24,25)22-16/h1-6,9,12H,7-8,10H2. The smallest absolute Gasteiger partial charge is 0.417 e. The van der Waals surface area contributed by atoms with Crippen LogP contribution in [0.25, 0.3) is 0 Å². The van der Waals surface area contributed by atoms with Crippen molar-refractivity contribution >= 4 is 15.9 Å². The number of alkyl halides is 3. The molecule has 1 aromatic heterocycles. The molecule has 3 heterocycles. The zero-order valence-corrected chi connectivity index (χ0v) is 14.7. The van der Waals surface area contributed by atoms with Crippen molar-refractivity contribution in [3.63, 3.8) is 0 Å². The van der Waals surface area contributed by atoms with E-state index in [2.05, 4.69) is 9.38 Å². The quantitative estimate of drug-likeness (QED) is 0.779. The van der Waals surface area contributed by atoms with Gasteiger partial charge in [-0.1, -0.05) is 12.1 Å². The Labute approximate surface area is 153 Å². The van der Waals surface area contributed by atoms with Crippen LogP contribution in [-0.2, 0) is 16.2 Å². The molecule has 1 aromatic carbocycles. The summed E-state index contributed by atoms with van der Waals surface area (Å²) in [5.74, 6) is 0.466. The van der Waals surface area contributed by atoms with E-state index in [9.17, 15) is 21.6 Å². The third-order valence-corrected chi connectivity index (χ3v) is 5.73. The average Bonchev–Trinajstić information content (AvgIpc) is 3.17. The number of amidine groups is 1. The summed E-state index contributed by atoms with van der Waals surface area (Å²) < 4.78 is 71.6. The topological polar surface area (TPSA) is 71.9 Å². The molecule has 1 atom stereocenters. The monoisotopic (exact) mass is 397 g/mol. The summed E-state index contributed by atoms with van der Waals surface area (Å²) in [6.45, 7) is 0.888. The minimum atomic E-state index is -4.45. The minimum Gasteiger partial charge on any atom is -0.472 e. The Morgan fingerprint density at radius 1 is 1.15 bits per heavy atom. The Hall–Kier alpha value is -2.62. The molecule has 4 rings (SSSR count). The molecule has 27 heavy (non-hydrogen) atoms. The van der Waals surface area contributed by atoms with Crippen LogP contribution in [0.1, 0.15) is 17.5 Å². The first-order valence-corrected chi connectivity index (χ1v) is 9.57. The molecule has 1 unspecified atom stereocenters. The molecule has 0 aliphatic carbocycles. The SMILES string of the molecule is O=S1(=O)N=C(N2CCC(Oc3ccc(C(F)(F)F)cn3)C2)c2ccccc21. The second-order valence-electron chi connectivity index (χ2n) is 6.24. The van der Waals surface area contributed by atoms with Gasteiger partial charge >= 0.3 is 6.18 Å². The highest BCUT2D eigenvalue weighted by Gasteiger charge is 2.36. The van der Waals surface area contributed by atoms with Crippen LogP contribution in [0.15, 0.2) is 51.9 Å². The highest BCUT2D eigenvalue weighted by molar-refractivity contribution is 7.90. The molecule has 0 amide bonds. The lowest BCUT2D eigenvalue weighted by Crippen LogP contribution is -2.30. The molecule has 1 fully saturated rings. The second-order valence-corrected chi connectivity index (χ2v) is 7.82. The summed E-state index contributed by atoms with van der Waals surface area (Å²) >= 11 is 0. The first kappa shape index (κ1) is 17.8. The van der Waals surface area contributed by atoms with Gasteiger partial charge in [0.25, 0.3) is 10.0 Å². The third-order valence-electron chi connectivity index (χ3n) is 4.41. The van der Waals surface area contributed by atoms with Crippen LogP contribution in [0.5, 0.6) is 5.88 Å². The normalized spacial score (nSPS) is 21.1. The number of benzene rings is 1. The molecule has 2 aliphatic heterocycles. The first-order chi connectivity index (χ1) is 12.7. The molecule has 142 valence electrons. The molecular formula is C17H14F3N3O3S. The summed E-state index contributed by atoms with van der Waals surface area (Å²) in [6.07, 6.45) is -3.47. The van der Waals surface area contributed by atoms with Gasteiger partial charge in [-0.3, -0.25) is 0 Å². The Morgan fingerprint density at radius 2 is 1.93 bits per heavy atom. The van der Waals surface area contributed by atoms with E-state index < -0.39 is 21.8 Å². The number of ether oxygens (including phenoxy) is 1. The number of nitrogens with zero attached hydrogens (tertiary/aromatic N) is 3. The second kappa shape index (κ2) is 6.22. The molecule has 0 spiro atoms. The van der Waals surface area contributed by atoms with Crippen LogP contribution in [0, 0.1) is 0 Å². The van der Waals surface area contributed by atoms with Gasteiger partial charge in [0.05, 0.1) is 12.1 Å². The van der Waals surface area contributed by atoms with Gasteiger partial charge in [0.2, 0.25) is 5.88 Å². The van der Waals surface area contributed by atoms with Gasteiger partial charge in [0, 0.05) is 30.8 Å². The van der Waals surface area contributed by atoms with E-state index in [-0.39, 0.29) is 16.9 Å². The largest absolute Gasteiger partial charge is 0.472 e. The molecule has 0 bridgehead atoms. The molecule has 2 aliphatic rings. The predicted octanol–water partition coefficient (Wildman–Crippen LogP) is 2.70. The van der Waals surface area contributed by atoms with Crippen molar-refractivity contribution in [3.8, 4) is 5.88 Å². The summed E-state index contributed by atoms with van der Waals surface area (Å²) in [5.41, 5.74) is -0.296. The van der Waals surface area contributed by atoms with Crippen molar-refractivity contribution in [1.29, 1.82) is 0 Å². The molecule has 6 nitrogen and oxygen atoms in total. The van der Waals surface area contributed by atoms with Gasteiger partial charge in [-0.15, -0.1) is 4.40 Å². The Kier molecular flexibility index (Phi) is 4.10. The number of hydrogen-bond acceptors (Lipinski definition) is 5. The maximum absolute atomic E-state index is 12.6. The number of aromatic nitrogens is 1. The van der Waals surface area contributed by atoms with Crippen molar-refractivity contribution in [2.24, 2.45) is 4.40 Å². The maximum Gasteiger partial charge on any atom is 0.417 e. The fraction of sp³-hybridized carbons (Fsp3) is 0.294. The van der Waals surface area contributed by atoms with E-state index in [0.717, 1.165) is 12.3 Å². The van der Waals surface area contributed by atoms with E-state index in [4.69, 9.17) is 4.74 Å². The Bertz CT molecular complexity index is 1000. The van der Waals surface area contributed by atoms with E-state index in [1.54, 1.807) is 23.1 Å². The van der Waals surface area contributed by atoms with Crippen molar-refractivity contribution in [2.45, 2.75) is 23.6 Å². The molecule has 1 saturated heterocycles. The van der Waals surface area contributed by atoms with Crippen LogP contribution < -0.4 is 4.74 Å². The van der Waals surface area contributed by atoms with Gasteiger partial charge in [0.1, 0.15) is 11.0 Å². The fourth-order valence-corrected chi connectivity index (χ4v) is 4.35. The zero-order chi connectivity index (χ0) is 19.2. The number of hydrogen-bond donors (Lipinski definition) is 0. The summed E-state index contributed by atoms with van der Waals surface area (Å²) in [6, 6.07) is 8.69. The van der Waals surface area contributed by atoms with Crippen molar-refractivity contribution in [2.75, 3.05) is 13.1 Å². The molecular weight excluding hydrogens is 383 g/mol. The number of likely N-dealkylation sites (tertiary alicyclic amines) is 1. The zero-order valence-electron chi connectivity index (χ0n) is 13.8. The molecule has 0 radical (unpaired) electrons. The number of sulfonamides is 1. The van der Waals surface area contributed by atoms with E-state index in [1.165, 1.54) is 12.1 Å². The number of fused-ring (bicyclic) bond motifs is 1.